The van der Waals surface area contributed by atoms with Crippen molar-refractivity contribution < 1.29 is 9.53 Å². The van der Waals surface area contributed by atoms with Crippen molar-refractivity contribution in [2.75, 3.05) is 0 Å². The predicted octanol–water partition coefficient (Wildman–Crippen LogP) is 3.37. The number of hydrogen-bond donors (Lipinski definition) is 0. The lowest BCUT2D eigenvalue weighted by Gasteiger charge is -2.14. The fourth-order valence-electron chi connectivity index (χ4n) is 2.48. The van der Waals surface area contributed by atoms with E-state index < -0.39 is 12.1 Å². The molecule has 0 N–H and O–H groups in total. The van der Waals surface area contributed by atoms with E-state index in [0.29, 0.717) is 5.56 Å². The second-order valence-electron chi connectivity index (χ2n) is 5.53. The van der Waals surface area contributed by atoms with E-state index in [1.54, 1.807) is 49.6 Å². The van der Waals surface area contributed by atoms with Crippen LogP contribution in [0.5, 0.6) is 0 Å². The Morgan fingerprint density at radius 3 is 2.80 bits per heavy atom. The van der Waals surface area contributed by atoms with Gasteiger partial charge in [0.1, 0.15) is 17.6 Å². The van der Waals surface area contributed by atoms with Gasteiger partial charge in [0, 0.05) is 18.6 Å². The molecule has 0 bridgehead atoms. The highest BCUT2D eigenvalue weighted by molar-refractivity contribution is 5.88. The Morgan fingerprint density at radius 2 is 2.08 bits per heavy atom. The monoisotopic (exact) mass is 332 g/mol. The molecule has 0 aliphatic rings. The van der Waals surface area contributed by atoms with Crippen LogP contribution in [0.25, 0.3) is 5.69 Å². The van der Waals surface area contributed by atoms with Crippen molar-refractivity contribution in [3.8, 4) is 11.8 Å². The molecule has 25 heavy (non-hydrogen) atoms. The highest BCUT2D eigenvalue weighted by atomic mass is 16.5. The van der Waals surface area contributed by atoms with Crippen molar-refractivity contribution in [2.45, 2.75) is 20.0 Å². The highest BCUT2D eigenvalue weighted by Crippen LogP contribution is 2.20. The van der Waals surface area contributed by atoms with Gasteiger partial charge in [-0.1, -0.05) is 12.1 Å². The van der Waals surface area contributed by atoms with Crippen LogP contribution < -0.4 is 0 Å². The number of nitriles is 1. The first kappa shape index (κ1) is 16.4. The average Bonchev–Trinajstić information content (AvgIpc) is 3.07. The Labute approximate surface area is 145 Å². The van der Waals surface area contributed by atoms with Crippen molar-refractivity contribution >= 4 is 5.97 Å². The van der Waals surface area contributed by atoms with E-state index in [2.05, 4.69) is 16.0 Å². The molecule has 6 heteroatoms. The molecule has 1 aromatic carbocycles. The molecule has 0 aliphatic heterocycles. The van der Waals surface area contributed by atoms with Gasteiger partial charge in [-0.05, 0) is 43.7 Å². The maximum absolute atomic E-state index is 12.4. The Hall–Kier alpha value is -3.46. The summed E-state index contributed by atoms with van der Waals surface area (Å²) in [4.78, 5) is 20.7. The SMILES string of the molecule is Cc1nccn1-c1ccnc(C(=O)OC(C)c2cccc(C#N)c2)c1. The molecule has 2 aromatic heterocycles. The molecule has 0 spiro atoms. The number of ether oxygens (including phenoxy) is 1. The van der Waals surface area contributed by atoms with Gasteiger partial charge < -0.3 is 9.30 Å². The smallest absolute Gasteiger partial charge is 0.357 e. The third kappa shape index (κ3) is 3.56. The number of carbonyl (C=O) groups excluding carboxylic acids is 1. The Kier molecular flexibility index (Phi) is 4.57. The number of benzene rings is 1. The first-order valence-corrected chi connectivity index (χ1v) is 7.76. The van der Waals surface area contributed by atoms with Crippen molar-refractivity contribution in [2.24, 2.45) is 0 Å². The zero-order valence-corrected chi connectivity index (χ0v) is 13.9. The van der Waals surface area contributed by atoms with Gasteiger partial charge >= 0.3 is 5.97 Å². The van der Waals surface area contributed by atoms with Gasteiger partial charge in [0.2, 0.25) is 0 Å². The third-order valence-corrected chi connectivity index (χ3v) is 3.83. The molecule has 0 fully saturated rings. The molecule has 124 valence electrons. The van der Waals surface area contributed by atoms with Gasteiger partial charge in [0.05, 0.1) is 17.3 Å². The maximum atomic E-state index is 12.4. The molecule has 0 amide bonds. The summed E-state index contributed by atoms with van der Waals surface area (Å²) in [7, 11) is 0. The highest BCUT2D eigenvalue weighted by Gasteiger charge is 2.16. The summed E-state index contributed by atoms with van der Waals surface area (Å²) in [6.45, 7) is 3.64. The van der Waals surface area contributed by atoms with E-state index in [1.807, 2.05) is 23.8 Å². The number of nitrogens with zero attached hydrogens (tertiary/aromatic N) is 4. The van der Waals surface area contributed by atoms with Crippen LogP contribution in [0.15, 0.2) is 55.0 Å². The van der Waals surface area contributed by atoms with E-state index in [0.717, 1.165) is 17.1 Å². The van der Waals surface area contributed by atoms with Crippen LogP contribution in [0.3, 0.4) is 0 Å². The summed E-state index contributed by atoms with van der Waals surface area (Å²) >= 11 is 0. The van der Waals surface area contributed by atoms with E-state index >= 15 is 0 Å². The van der Waals surface area contributed by atoms with Crippen LogP contribution in [0.1, 0.15) is 40.5 Å². The molecule has 6 nitrogen and oxygen atoms in total. The number of carbonyl (C=O) groups is 1. The molecule has 0 radical (unpaired) electrons. The van der Waals surface area contributed by atoms with Gasteiger partial charge in [0.25, 0.3) is 0 Å². The first-order valence-electron chi connectivity index (χ1n) is 7.76. The molecule has 1 unspecified atom stereocenters. The summed E-state index contributed by atoms with van der Waals surface area (Å²) in [5, 5.41) is 8.97. The second-order valence-corrected chi connectivity index (χ2v) is 5.53. The zero-order valence-electron chi connectivity index (χ0n) is 13.9. The fourth-order valence-corrected chi connectivity index (χ4v) is 2.48. The average molecular weight is 332 g/mol. The molecular weight excluding hydrogens is 316 g/mol. The molecular formula is C19H16N4O2. The number of esters is 1. The quantitative estimate of drug-likeness (QED) is 0.684. The summed E-state index contributed by atoms with van der Waals surface area (Å²) < 4.78 is 7.35. The van der Waals surface area contributed by atoms with Gasteiger partial charge in [-0.25, -0.2) is 14.8 Å². The molecule has 0 saturated carbocycles. The molecule has 0 saturated heterocycles. The van der Waals surface area contributed by atoms with Crippen LogP contribution in [0.2, 0.25) is 0 Å². The van der Waals surface area contributed by atoms with Crippen molar-refractivity contribution in [1.29, 1.82) is 5.26 Å². The molecule has 3 aromatic rings. The Morgan fingerprint density at radius 1 is 1.24 bits per heavy atom. The third-order valence-electron chi connectivity index (χ3n) is 3.83. The first-order chi connectivity index (χ1) is 12.1. The molecule has 0 aliphatic carbocycles. The lowest BCUT2D eigenvalue weighted by molar-refractivity contribution is 0.0330. The summed E-state index contributed by atoms with van der Waals surface area (Å²) in [6.07, 6.45) is 4.58. The van der Waals surface area contributed by atoms with E-state index in [-0.39, 0.29) is 5.69 Å². The number of aryl methyl sites for hydroxylation is 1. The van der Waals surface area contributed by atoms with Gasteiger partial charge in [-0.2, -0.15) is 5.26 Å². The van der Waals surface area contributed by atoms with E-state index in [4.69, 9.17) is 10.00 Å². The zero-order chi connectivity index (χ0) is 17.8. The van der Waals surface area contributed by atoms with Crippen LogP contribution in [-0.2, 0) is 4.74 Å². The number of hydrogen-bond acceptors (Lipinski definition) is 5. The van der Waals surface area contributed by atoms with Gasteiger partial charge in [0.15, 0.2) is 0 Å². The van der Waals surface area contributed by atoms with Crippen molar-refractivity contribution in [3.05, 3.63) is 77.6 Å². The predicted molar refractivity (Wildman–Crippen MR) is 91.1 cm³/mol. The lowest BCUT2D eigenvalue weighted by atomic mass is 10.1. The number of rotatable bonds is 4. The van der Waals surface area contributed by atoms with Gasteiger partial charge in [-0.15, -0.1) is 0 Å². The summed E-state index contributed by atoms with van der Waals surface area (Å²) in [5.74, 6) is 0.293. The number of pyridine rings is 1. The van der Waals surface area contributed by atoms with Crippen molar-refractivity contribution in [3.63, 3.8) is 0 Å². The van der Waals surface area contributed by atoms with Gasteiger partial charge in [-0.3, -0.25) is 0 Å². The van der Waals surface area contributed by atoms with Crippen molar-refractivity contribution in [1.82, 2.24) is 14.5 Å². The minimum atomic E-state index is -0.519. The summed E-state index contributed by atoms with van der Waals surface area (Å²) in [5.41, 5.74) is 2.29. The van der Waals surface area contributed by atoms with Crippen LogP contribution in [0, 0.1) is 18.3 Å². The lowest BCUT2D eigenvalue weighted by Crippen LogP contribution is -2.11. The van der Waals surface area contributed by atoms with Crippen LogP contribution in [-0.4, -0.2) is 20.5 Å². The fraction of sp³-hybridized carbons (Fsp3) is 0.158. The molecule has 2 heterocycles. The minimum Gasteiger partial charge on any atom is -0.453 e. The number of imidazole rings is 1. The Bertz CT molecular complexity index is 956. The Balaban J connectivity index is 1.79. The largest absolute Gasteiger partial charge is 0.453 e. The minimum absolute atomic E-state index is 0.217. The van der Waals surface area contributed by atoms with Crippen LogP contribution in [0.4, 0.5) is 0 Å². The van der Waals surface area contributed by atoms with Crippen LogP contribution >= 0.6 is 0 Å². The summed E-state index contributed by atoms with van der Waals surface area (Å²) in [6, 6.07) is 12.5. The molecule has 1 atom stereocenters. The van der Waals surface area contributed by atoms with E-state index in [1.165, 1.54) is 0 Å². The topological polar surface area (TPSA) is 80.8 Å². The maximum Gasteiger partial charge on any atom is 0.357 e. The number of aromatic nitrogens is 3. The second kappa shape index (κ2) is 6.97. The normalized spacial score (nSPS) is 11.6. The standard InChI is InChI=1S/C19H16N4O2/c1-13(16-5-3-4-15(10-16)12-20)25-19(24)18-11-17(6-7-22-18)23-9-8-21-14(23)2/h3-11,13H,1-2H3. The van der Waals surface area contributed by atoms with E-state index in [9.17, 15) is 4.79 Å². The molecule has 3 rings (SSSR count).